The van der Waals surface area contributed by atoms with Crippen molar-refractivity contribution in [2.24, 2.45) is 0 Å². The van der Waals surface area contributed by atoms with E-state index in [0.717, 1.165) is 17.9 Å². The number of carboxylic acid groups (broad SMARTS) is 1. The molecule has 18 heavy (non-hydrogen) atoms. The largest absolute Gasteiger partial charge is 0.480 e. The van der Waals surface area contributed by atoms with Crippen molar-refractivity contribution in [3.63, 3.8) is 0 Å². The minimum atomic E-state index is -1.03. The maximum atomic E-state index is 11.8. The van der Waals surface area contributed by atoms with E-state index in [2.05, 4.69) is 18.8 Å². The first-order valence-corrected chi connectivity index (χ1v) is 7.12. The first kappa shape index (κ1) is 16.8. The van der Waals surface area contributed by atoms with Crippen molar-refractivity contribution in [2.75, 3.05) is 24.6 Å². The van der Waals surface area contributed by atoms with Crippen LogP contribution >= 0.6 is 11.8 Å². The number of hydrogen-bond acceptors (Lipinski definition) is 3. The van der Waals surface area contributed by atoms with E-state index in [-0.39, 0.29) is 25.2 Å². The molecule has 0 radical (unpaired) electrons. The topological polar surface area (TPSA) is 69.6 Å². The zero-order valence-corrected chi connectivity index (χ0v) is 11.8. The summed E-state index contributed by atoms with van der Waals surface area (Å²) in [4.78, 5) is 23.7. The Morgan fingerprint density at radius 3 is 2.72 bits per heavy atom. The van der Waals surface area contributed by atoms with Gasteiger partial charge in [0.2, 0.25) is 0 Å². The minimum absolute atomic E-state index is 0.0395. The number of aliphatic carboxylic acids is 1. The maximum Gasteiger partial charge on any atom is 0.323 e. The van der Waals surface area contributed by atoms with Crippen LogP contribution in [0.5, 0.6) is 0 Å². The van der Waals surface area contributed by atoms with Crippen LogP contribution in [0.25, 0.3) is 0 Å². The zero-order chi connectivity index (χ0) is 14.0. The van der Waals surface area contributed by atoms with Gasteiger partial charge in [-0.2, -0.15) is 11.8 Å². The van der Waals surface area contributed by atoms with Gasteiger partial charge in [0.15, 0.2) is 0 Å². The standard InChI is InChI=1S/C12H22N2O3S/c1-4-7-14(9-11(15)16)12(17)13-10(3)6-8-18-5-2/h4,10H,1,5-9H2,2-3H3,(H,13,17)(H,15,16). The number of hydrogen-bond donors (Lipinski definition) is 2. The van der Waals surface area contributed by atoms with Gasteiger partial charge in [-0.25, -0.2) is 4.79 Å². The summed E-state index contributed by atoms with van der Waals surface area (Å²) in [5, 5.41) is 11.5. The van der Waals surface area contributed by atoms with Gasteiger partial charge in [-0.15, -0.1) is 6.58 Å². The Hall–Kier alpha value is -1.17. The van der Waals surface area contributed by atoms with E-state index in [0.29, 0.717) is 0 Å². The predicted molar refractivity (Wildman–Crippen MR) is 75.0 cm³/mol. The third-order valence-corrected chi connectivity index (χ3v) is 3.16. The highest BCUT2D eigenvalue weighted by atomic mass is 32.2. The lowest BCUT2D eigenvalue weighted by atomic mass is 10.3. The monoisotopic (exact) mass is 274 g/mol. The molecule has 0 spiro atoms. The fourth-order valence-electron chi connectivity index (χ4n) is 1.32. The van der Waals surface area contributed by atoms with Crippen LogP contribution in [0.2, 0.25) is 0 Å². The molecule has 2 N–H and O–H groups in total. The van der Waals surface area contributed by atoms with Gasteiger partial charge < -0.3 is 15.3 Å². The Kier molecular flexibility index (Phi) is 9.18. The van der Waals surface area contributed by atoms with Gasteiger partial charge >= 0.3 is 12.0 Å². The number of amides is 2. The van der Waals surface area contributed by atoms with Crippen molar-refractivity contribution in [2.45, 2.75) is 26.3 Å². The molecule has 0 aromatic heterocycles. The molecule has 1 atom stereocenters. The van der Waals surface area contributed by atoms with Gasteiger partial charge in [-0.3, -0.25) is 4.79 Å². The molecule has 2 amide bonds. The number of nitrogens with zero attached hydrogens (tertiary/aromatic N) is 1. The molecular formula is C12H22N2O3S. The highest BCUT2D eigenvalue weighted by Crippen LogP contribution is 2.04. The molecule has 6 heteroatoms. The molecule has 0 bridgehead atoms. The van der Waals surface area contributed by atoms with E-state index < -0.39 is 5.97 Å². The smallest absolute Gasteiger partial charge is 0.323 e. The van der Waals surface area contributed by atoms with Crippen molar-refractivity contribution < 1.29 is 14.7 Å². The summed E-state index contributed by atoms with van der Waals surface area (Å²) in [7, 11) is 0. The summed E-state index contributed by atoms with van der Waals surface area (Å²) in [6, 6.07) is -0.316. The second kappa shape index (κ2) is 9.82. The van der Waals surface area contributed by atoms with Crippen LogP contribution in [-0.2, 0) is 4.79 Å². The number of carbonyl (C=O) groups excluding carboxylic acids is 1. The molecule has 0 aliphatic rings. The zero-order valence-electron chi connectivity index (χ0n) is 11.0. The quantitative estimate of drug-likeness (QED) is 0.497. The molecule has 104 valence electrons. The Morgan fingerprint density at radius 1 is 1.56 bits per heavy atom. The lowest BCUT2D eigenvalue weighted by Crippen LogP contribution is -2.46. The van der Waals surface area contributed by atoms with Crippen LogP contribution in [0, 0.1) is 0 Å². The van der Waals surface area contributed by atoms with Crippen LogP contribution < -0.4 is 5.32 Å². The number of urea groups is 1. The minimum Gasteiger partial charge on any atom is -0.480 e. The fourth-order valence-corrected chi connectivity index (χ4v) is 2.13. The van der Waals surface area contributed by atoms with E-state index in [1.807, 2.05) is 18.7 Å². The Bertz CT molecular complexity index is 284. The molecule has 0 aliphatic heterocycles. The summed E-state index contributed by atoms with van der Waals surface area (Å²) < 4.78 is 0. The van der Waals surface area contributed by atoms with Crippen LogP contribution in [0.1, 0.15) is 20.3 Å². The average Bonchev–Trinajstić information content (AvgIpc) is 2.28. The molecule has 1 unspecified atom stereocenters. The molecule has 0 aliphatic carbocycles. The van der Waals surface area contributed by atoms with Crippen LogP contribution in [-0.4, -0.2) is 52.6 Å². The second-order valence-electron chi connectivity index (χ2n) is 3.90. The van der Waals surface area contributed by atoms with Gasteiger partial charge in [0.25, 0.3) is 0 Å². The Balaban J connectivity index is 4.14. The molecule has 0 fully saturated rings. The number of nitrogens with one attached hydrogen (secondary N) is 1. The molecular weight excluding hydrogens is 252 g/mol. The normalized spacial score (nSPS) is 11.7. The van der Waals surface area contributed by atoms with Crippen LogP contribution in [0.4, 0.5) is 4.79 Å². The van der Waals surface area contributed by atoms with E-state index in [4.69, 9.17) is 5.11 Å². The number of rotatable bonds is 9. The molecule has 0 saturated carbocycles. The van der Waals surface area contributed by atoms with E-state index >= 15 is 0 Å². The summed E-state index contributed by atoms with van der Waals surface area (Å²) >= 11 is 1.82. The molecule has 0 heterocycles. The summed E-state index contributed by atoms with van der Waals surface area (Å²) in [6.07, 6.45) is 2.39. The van der Waals surface area contributed by atoms with Gasteiger partial charge in [-0.1, -0.05) is 13.0 Å². The number of carboxylic acids is 1. The van der Waals surface area contributed by atoms with Crippen molar-refractivity contribution in [3.8, 4) is 0 Å². The maximum absolute atomic E-state index is 11.8. The van der Waals surface area contributed by atoms with Gasteiger partial charge in [0.05, 0.1) is 0 Å². The SMILES string of the molecule is C=CCN(CC(=O)O)C(=O)NC(C)CCSCC. The van der Waals surface area contributed by atoms with Gasteiger partial charge in [0, 0.05) is 12.6 Å². The fraction of sp³-hybridized carbons (Fsp3) is 0.667. The Morgan fingerprint density at radius 2 is 2.22 bits per heavy atom. The summed E-state index contributed by atoms with van der Waals surface area (Å²) in [5.74, 6) is 1.02. The first-order chi connectivity index (χ1) is 8.51. The number of thioether (sulfide) groups is 1. The van der Waals surface area contributed by atoms with Crippen LogP contribution in [0.3, 0.4) is 0 Å². The summed E-state index contributed by atoms with van der Waals surface area (Å²) in [5.41, 5.74) is 0. The first-order valence-electron chi connectivity index (χ1n) is 5.97. The molecule has 0 aromatic carbocycles. The Labute approximate surface area is 113 Å². The van der Waals surface area contributed by atoms with Crippen molar-refractivity contribution in [1.29, 1.82) is 0 Å². The van der Waals surface area contributed by atoms with Gasteiger partial charge in [-0.05, 0) is 24.9 Å². The number of carbonyl (C=O) groups is 2. The summed E-state index contributed by atoms with van der Waals surface area (Å²) in [6.45, 7) is 7.44. The van der Waals surface area contributed by atoms with E-state index in [1.54, 1.807) is 0 Å². The molecule has 5 nitrogen and oxygen atoms in total. The van der Waals surface area contributed by atoms with Crippen molar-refractivity contribution in [1.82, 2.24) is 10.2 Å². The predicted octanol–water partition coefficient (Wildman–Crippen LogP) is 1.80. The third kappa shape index (κ3) is 8.00. The lowest BCUT2D eigenvalue weighted by Gasteiger charge is -2.22. The third-order valence-electron chi connectivity index (χ3n) is 2.23. The highest BCUT2D eigenvalue weighted by molar-refractivity contribution is 7.99. The van der Waals surface area contributed by atoms with E-state index in [1.165, 1.54) is 11.0 Å². The molecule has 0 aromatic rings. The van der Waals surface area contributed by atoms with Crippen molar-refractivity contribution in [3.05, 3.63) is 12.7 Å². The highest BCUT2D eigenvalue weighted by Gasteiger charge is 2.16. The molecule has 0 rings (SSSR count). The van der Waals surface area contributed by atoms with Crippen molar-refractivity contribution >= 4 is 23.8 Å². The van der Waals surface area contributed by atoms with E-state index in [9.17, 15) is 9.59 Å². The molecule has 0 saturated heterocycles. The second-order valence-corrected chi connectivity index (χ2v) is 5.29. The van der Waals surface area contributed by atoms with Gasteiger partial charge in [0.1, 0.15) is 6.54 Å². The average molecular weight is 274 g/mol. The lowest BCUT2D eigenvalue weighted by molar-refractivity contribution is -0.137. The van der Waals surface area contributed by atoms with Crippen LogP contribution in [0.15, 0.2) is 12.7 Å².